The van der Waals surface area contributed by atoms with Gasteiger partial charge in [-0.05, 0) is 80.5 Å². The summed E-state index contributed by atoms with van der Waals surface area (Å²) in [7, 11) is 1.63. The van der Waals surface area contributed by atoms with Crippen LogP contribution in [0.2, 0.25) is 0 Å². The van der Waals surface area contributed by atoms with Crippen LogP contribution in [0.25, 0.3) is 11.8 Å². The minimum Gasteiger partial charge on any atom is -0.495 e. The third kappa shape index (κ3) is 4.20. The number of imidazole rings is 1. The number of nitrogens with zero attached hydrogens (tertiary/aromatic N) is 5. The lowest BCUT2D eigenvalue weighted by molar-refractivity contribution is -0.128. The highest BCUT2D eigenvalue weighted by Crippen LogP contribution is 2.42. The van der Waals surface area contributed by atoms with E-state index in [1.807, 2.05) is 46.9 Å². The van der Waals surface area contributed by atoms with Crippen molar-refractivity contribution in [2.24, 2.45) is 10.9 Å². The molecular weight excluding hydrogens is 469 g/mol. The van der Waals surface area contributed by atoms with Gasteiger partial charge in [-0.15, -0.1) is 0 Å². The summed E-state index contributed by atoms with van der Waals surface area (Å²) in [5.74, 6) is 1.60. The molecule has 8 heteroatoms. The van der Waals surface area contributed by atoms with Crippen LogP contribution in [0.3, 0.4) is 0 Å². The van der Waals surface area contributed by atoms with Crippen molar-refractivity contribution in [3.63, 3.8) is 0 Å². The van der Waals surface area contributed by atoms with Gasteiger partial charge in [0.25, 0.3) is 5.91 Å². The van der Waals surface area contributed by atoms with E-state index in [9.17, 15) is 9.18 Å². The predicted octanol–water partition coefficient (Wildman–Crippen LogP) is 4.90. The number of ether oxygens (including phenoxy) is 1. The number of halogens is 1. The van der Waals surface area contributed by atoms with Crippen LogP contribution in [0.4, 0.5) is 4.39 Å². The van der Waals surface area contributed by atoms with Crippen LogP contribution in [-0.4, -0.2) is 51.4 Å². The first-order chi connectivity index (χ1) is 17.9. The minimum atomic E-state index is -0.611. The lowest BCUT2D eigenvalue weighted by Crippen LogP contribution is -2.59. The zero-order valence-electron chi connectivity index (χ0n) is 21.3. The van der Waals surface area contributed by atoms with Crippen molar-refractivity contribution in [2.45, 2.75) is 38.6 Å². The first-order valence-corrected chi connectivity index (χ1v) is 12.7. The van der Waals surface area contributed by atoms with E-state index in [0.717, 1.165) is 42.0 Å². The van der Waals surface area contributed by atoms with Gasteiger partial charge in [0.05, 0.1) is 30.4 Å². The second-order valence-corrected chi connectivity index (χ2v) is 10.4. The van der Waals surface area contributed by atoms with E-state index in [-0.39, 0.29) is 11.7 Å². The Kier molecular flexibility index (Phi) is 5.62. The smallest absolute Gasteiger partial charge is 0.280 e. The van der Waals surface area contributed by atoms with Crippen LogP contribution in [0.5, 0.6) is 5.75 Å². The summed E-state index contributed by atoms with van der Waals surface area (Å²) in [6, 6.07) is 12.3. The maximum atomic E-state index is 13.9. The van der Waals surface area contributed by atoms with E-state index in [4.69, 9.17) is 9.73 Å². The molecule has 0 bridgehead atoms. The Balaban J connectivity index is 1.38. The summed E-state index contributed by atoms with van der Waals surface area (Å²) in [6.45, 7) is 5.69. The zero-order chi connectivity index (χ0) is 25.7. The quantitative estimate of drug-likeness (QED) is 0.453. The highest BCUT2D eigenvalue weighted by atomic mass is 19.1. The lowest BCUT2D eigenvalue weighted by Gasteiger charge is -2.47. The third-order valence-corrected chi connectivity index (χ3v) is 7.63. The summed E-state index contributed by atoms with van der Waals surface area (Å²) in [4.78, 5) is 27.1. The monoisotopic (exact) mass is 499 g/mol. The van der Waals surface area contributed by atoms with Crippen LogP contribution < -0.4 is 4.74 Å². The number of fused-ring (bicyclic) bond motifs is 1. The number of aromatic nitrogens is 2. The van der Waals surface area contributed by atoms with Crippen molar-refractivity contribution >= 4 is 17.9 Å². The van der Waals surface area contributed by atoms with Crippen LogP contribution >= 0.6 is 0 Å². The normalized spacial score (nSPS) is 22.4. The minimum absolute atomic E-state index is 0.143. The van der Waals surface area contributed by atoms with Crippen molar-refractivity contribution in [1.82, 2.24) is 19.4 Å². The molecule has 0 radical (unpaired) electrons. The zero-order valence-corrected chi connectivity index (χ0v) is 21.3. The number of hydrogen-bond donors (Lipinski definition) is 0. The average Bonchev–Trinajstić information content (AvgIpc) is 3.51. The topological polar surface area (TPSA) is 63.0 Å². The highest BCUT2D eigenvalue weighted by Gasteiger charge is 2.50. The number of hydrogen-bond acceptors (Lipinski definition) is 5. The highest BCUT2D eigenvalue weighted by molar-refractivity contribution is 6.14. The maximum Gasteiger partial charge on any atom is 0.280 e. The molecule has 0 N–H and O–H groups in total. The molecule has 1 saturated heterocycles. The molecule has 1 aromatic heterocycles. The fourth-order valence-corrected chi connectivity index (χ4v) is 5.30. The Hall–Kier alpha value is -3.94. The molecule has 1 saturated carbocycles. The molecule has 1 unspecified atom stereocenters. The van der Waals surface area contributed by atoms with Crippen molar-refractivity contribution in [2.75, 3.05) is 20.2 Å². The summed E-state index contributed by atoms with van der Waals surface area (Å²) in [5, 5.41) is 0. The molecule has 1 amide bonds. The molecule has 6 rings (SSSR count). The number of benzene rings is 2. The van der Waals surface area contributed by atoms with Gasteiger partial charge in [0, 0.05) is 19.3 Å². The molecule has 0 spiro atoms. The number of aryl methyl sites for hydroxylation is 1. The molecule has 3 aromatic rings. The van der Waals surface area contributed by atoms with Gasteiger partial charge in [0.2, 0.25) is 5.96 Å². The number of methoxy groups -OCH3 is 1. The summed E-state index contributed by atoms with van der Waals surface area (Å²) < 4.78 is 21.3. The van der Waals surface area contributed by atoms with E-state index < -0.39 is 5.54 Å². The predicted molar refractivity (Wildman–Crippen MR) is 140 cm³/mol. The van der Waals surface area contributed by atoms with Gasteiger partial charge >= 0.3 is 0 Å². The van der Waals surface area contributed by atoms with Gasteiger partial charge < -0.3 is 14.2 Å². The van der Waals surface area contributed by atoms with E-state index >= 15 is 0 Å². The van der Waals surface area contributed by atoms with Gasteiger partial charge in [-0.2, -0.15) is 0 Å². The van der Waals surface area contributed by atoms with Crippen molar-refractivity contribution in [3.05, 3.63) is 83.3 Å². The molecule has 1 atom stereocenters. The molecule has 37 heavy (non-hydrogen) atoms. The molecule has 3 aliphatic rings. The number of guanidine groups is 1. The molecule has 2 aliphatic heterocycles. The SMILES string of the molecule is COc1cc(/C=C2\N=C3N(CC4CC4)CCC(C)(c4ccc(F)cc4)N3C2=O)ccc1-n1cnc(C)c1. The Bertz CT molecular complexity index is 1420. The van der Waals surface area contributed by atoms with Crippen molar-refractivity contribution in [3.8, 4) is 11.4 Å². The van der Waals surface area contributed by atoms with Crippen LogP contribution in [-0.2, 0) is 10.3 Å². The maximum absolute atomic E-state index is 13.9. The fraction of sp³-hybridized carbons (Fsp3) is 0.345. The third-order valence-electron chi connectivity index (χ3n) is 7.63. The first-order valence-electron chi connectivity index (χ1n) is 12.7. The lowest BCUT2D eigenvalue weighted by atomic mass is 9.85. The van der Waals surface area contributed by atoms with Crippen LogP contribution in [0.1, 0.15) is 43.0 Å². The van der Waals surface area contributed by atoms with E-state index in [1.165, 1.54) is 25.0 Å². The summed E-state index contributed by atoms with van der Waals surface area (Å²) in [6.07, 6.45) is 8.69. The number of carbonyl (C=O) groups is 1. The Labute approximate surface area is 215 Å². The number of aliphatic imine (C=N–C) groups is 1. The standard InChI is InChI=1S/C29H30FN5O2/c1-19-16-34(18-31-19)25-11-6-21(15-26(25)37-3)14-24-27(36)35-28(32-24)33(17-20-4-5-20)13-12-29(35,2)22-7-9-23(30)10-8-22/h6-11,14-16,18,20H,4-5,12-13,17H2,1-3H3/b24-14-. The Morgan fingerprint density at radius 1 is 1.19 bits per heavy atom. The molecule has 3 heterocycles. The second-order valence-electron chi connectivity index (χ2n) is 10.4. The van der Waals surface area contributed by atoms with Crippen molar-refractivity contribution < 1.29 is 13.9 Å². The largest absolute Gasteiger partial charge is 0.495 e. The van der Waals surface area contributed by atoms with Gasteiger partial charge in [0.1, 0.15) is 17.3 Å². The summed E-state index contributed by atoms with van der Waals surface area (Å²) in [5.41, 5.74) is 3.29. The van der Waals surface area contributed by atoms with Gasteiger partial charge in [0.15, 0.2) is 0 Å². The Morgan fingerprint density at radius 2 is 1.97 bits per heavy atom. The molecular formula is C29H30FN5O2. The first kappa shape index (κ1) is 23.5. The van der Waals surface area contributed by atoms with Gasteiger partial charge in [-0.1, -0.05) is 18.2 Å². The molecule has 7 nitrogen and oxygen atoms in total. The van der Waals surface area contributed by atoms with E-state index in [1.54, 1.807) is 25.6 Å². The Morgan fingerprint density at radius 3 is 2.65 bits per heavy atom. The second kappa shape index (κ2) is 8.87. The van der Waals surface area contributed by atoms with Crippen LogP contribution in [0, 0.1) is 18.7 Å². The average molecular weight is 500 g/mol. The fourth-order valence-electron chi connectivity index (χ4n) is 5.30. The van der Waals surface area contributed by atoms with Crippen LogP contribution in [0.15, 0.2) is 65.7 Å². The number of amides is 1. The summed E-state index contributed by atoms with van der Waals surface area (Å²) >= 11 is 0. The van der Waals surface area contributed by atoms with Crippen molar-refractivity contribution in [1.29, 1.82) is 0 Å². The molecule has 1 aliphatic carbocycles. The van der Waals surface area contributed by atoms with E-state index in [2.05, 4.69) is 16.8 Å². The number of carbonyl (C=O) groups excluding carboxylic acids is 1. The molecule has 2 fully saturated rings. The van der Waals surface area contributed by atoms with Gasteiger partial charge in [-0.25, -0.2) is 14.4 Å². The molecule has 2 aromatic carbocycles. The van der Waals surface area contributed by atoms with Gasteiger partial charge in [-0.3, -0.25) is 9.69 Å². The number of rotatable bonds is 6. The van der Waals surface area contributed by atoms with E-state index in [0.29, 0.717) is 23.3 Å². The molecule has 190 valence electrons.